The van der Waals surface area contributed by atoms with Crippen molar-refractivity contribution >= 4 is 34.1 Å². The van der Waals surface area contributed by atoms with Crippen molar-refractivity contribution in [3.05, 3.63) is 36.2 Å². The van der Waals surface area contributed by atoms with Gasteiger partial charge in [-0.05, 0) is 41.6 Å². The van der Waals surface area contributed by atoms with Gasteiger partial charge in [-0.2, -0.15) is 0 Å². The molecule has 0 bridgehead atoms. The summed E-state index contributed by atoms with van der Waals surface area (Å²) in [5.74, 6) is 1.04. The number of nitrogen functional groups attached to an aromatic ring is 1. The lowest BCUT2D eigenvalue weighted by Crippen LogP contribution is -2.43. The summed E-state index contributed by atoms with van der Waals surface area (Å²) in [6, 6.07) is 5.38. The number of nitrogens with zero attached hydrogens (tertiary/aromatic N) is 3. The van der Waals surface area contributed by atoms with Crippen LogP contribution in [-0.4, -0.2) is 53.6 Å². The number of ether oxygens (including phenoxy) is 2. The second-order valence-electron chi connectivity index (χ2n) is 8.32. The van der Waals surface area contributed by atoms with E-state index in [1.165, 1.54) is 4.90 Å². The van der Waals surface area contributed by atoms with Crippen LogP contribution >= 0.6 is 0 Å². The third-order valence-electron chi connectivity index (χ3n) is 6.22. The molecule has 2 aromatic heterocycles. The number of rotatable bonds is 3. The first-order chi connectivity index (χ1) is 15.4. The first-order valence-corrected chi connectivity index (χ1v) is 10.6. The number of carbonyl (C=O) groups is 1. The van der Waals surface area contributed by atoms with Gasteiger partial charge >= 0.3 is 6.09 Å². The highest BCUT2D eigenvalue weighted by Gasteiger charge is 2.35. The van der Waals surface area contributed by atoms with Gasteiger partial charge in [-0.3, -0.25) is 4.90 Å². The standard InChI is InChI=1S/C23H25N5O4/c1-12-10-31-11-19(12)28(23(29)30)20-7-15-5-14(6-18(24)17(15)9-26-20)16-8-27-22-21(13(16)2)25-3-4-32-22/h5-9,12,19,25H,3-4,10-11,24H2,1-2H3,(H,29,30)/t12-,19+/m0/s1. The second-order valence-corrected chi connectivity index (χ2v) is 8.32. The molecule has 1 aromatic carbocycles. The number of benzene rings is 1. The van der Waals surface area contributed by atoms with E-state index in [2.05, 4.69) is 15.3 Å². The van der Waals surface area contributed by atoms with Crippen LogP contribution < -0.4 is 20.7 Å². The van der Waals surface area contributed by atoms with Gasteiger partial charge in [0.25, 0.3) is 0 Å². The first kappa shape index (κ1) is 20.3. The van der Waals surface area contributed by atoms with E-state index < -0.39 is 6.09 Å². The minimum Gasteiger partial charge on any atom is -0.474 e. The Hall–Kier alpha value is -3.59. The van der Waals surface area contributed by atoms with Crippen LogP contribution in [0.5, 0.6) is 5.88 Å². The van der Waals surface area contributed by atoms with Gasteiger partial charge in [-0.25, -0.2) is 14.8 Å². The predicted octanol–water partition coefficient (Wildman–Crippen LogP) is 3.51. The van der Waals surface area contributed by atoms with E-state index in [-0.39, 0.29) is 12.0 Å². The molecule has 4 heterocycles. The van der Waals surface area contributed by atoms with Crippen LogP contribution in [0.4, 0.5) is 22.0 Å². The van der Waals surface area contributed by atoms with Gasteiger partial charge in [0, 0.05) is 41.5 Å². The highest BCUT2D eigenvalue weighted by atomic mass is 16.5. The van der Waals surface area contributed by atoms with E-state index in [4.69, 9.17) is 15.2 Å². The maximum absolute atomic E-state index is 12.1. The molecule has 9 nitrogen and oxygen atoms in total. The third kappa shape index (κ3) is 3.34. The number of nitrogens with two attached hydrogens (primary N) is 1. The fourth-order valence-electron chi connectivity index (χ4n) is 4.46. The highest BCUT2D eigenvalue weighted by Crippen LogP contribution is 2.38. The summed E-state index contributed by atoms with van der Waals surface area (Å²) in [6.45, 7) is 6.19. The lowest BCUT2D eigenvalue weighted by molar-refractivity contribution is 0.181. The van der Waals surface area contributed by atoms with Crippen LogP contribution in [0.15, 0.2) is 30.6 Å². The maximum atomic E-state index is 12.1. The van der Waals surface area contributed by atoms with Crippen LogP contribution in [0.3, 0.4) is 0 Å². The molecule has 0 aliphatic carbocycles. The van der Waals surface area contributed by atoms with Crippen molar-refractivity contribution in [1.82, 2.24) is 9.97 Å². The molecule has 166 valence electrons. The zero-order chi connectivity index (χ0) is 22.4. The molecule has 2 aliphatic heterocycles. The molecule has 0 radical (unpaired) electrons. The second kappa shape index (κ2) is 7.83. The lowest BCUT2D eigenvalue weighted by Gasteiger charge is -2.27. The molecular weight excluding hydrogens is 410 g/mol. The number of carboxylic acid groups (broad SMARTS) is 1. The summed E-state index contributed by atoms with van der Waals surface area (Å²) in [6.07, 6.45) is 2.36. The van der Waals surface area contributed by atoms with Crippen LogP contribution in [0, 0.1) is 12.8 Å². The zero-order valence-electron chi connectivity index (χ0n) is 18.0. The van der Waals surface area contributed by atoms with Gasteiger partial charge in [-0.15, -0.1) is 0 Å². The molecule has 0 saturated carbocycles. The summed E-state index contributed by atoms with van der Waals surface area (Å²) in [5.41, 5.74) is 10.7. The third-order valence-corrected chi connectivity index (χ3v) is 6.22. The lowest BCUT2D eigenvalue weighted by atomic mass is 9.97. The van der Waals surface area contributed by atoms with Gasteiger partial charge in [0.1, 0.15) is 18.1 Å². The molecule has 9 heteroatoms. The Balaban J connectivity index is 1.61. The molecule has 1 saturated heterocycles. The van der Waals surface area contributed by atoms with E-state index in [0.717, 1.165) is 39.7 Å². The summed E-state index contributed by atoms with van der Waals surface area (Å²) in [7, 11) is 0. The van der Waals surface area contributed by atoms with Crippen molar-refractivity contribution in [2.45, 2.75) is 19.9 Å². The molecule has 32 heavy (non-hydrogen) atoms. The van der Waals surface area contributed by atoms with E-state index in [1.54, 1.807) is 18.5 Å². The van der Waals surface area contributed by atoms with Gasteiger partial charge < -0.3 is 25.6 Å². The van der Waals surface area contributed by atoms with Crippen molar-refractivity contribution in [2.75, 3.05) is 42.3 Å². The molecule has 1 fully saturated rings. The Morgan fingerprint density at radius 3 is 2.84 bits per heavy atom. The van der Waals surface area contributed by atoms with Crippen molar-refractivity contribution in [1.29, 1.82) is 0 Å². The molecule has 0 unspecified atom stereocenters. The number of anilines is 3. The zero-order valence-corrected chi connectivity index (χ0v) is 18.0. The van der Waals surface area contributed by atoms with Crippen molar-refractivity contribution < 1.29 is 19.4 Å². The molecule has 3 aromatic rings. The summed E-state index contributed by atoms with van der Waals surface area (Å²) < 4.78 is 11.1. The topological polar surface area (TPSA) is 123 Å². The quantitative estimate of drug-likeness (QED) is 0.534. The number of aromatic nitrogens is 2. The van der Waals surface area contributed by atoms with Crippen molar-refractivity contribution in [3.8, 4) is 17.0 Å². The average molecular weight is 435 g/mol. The molecule has 2 aliphatic rings. The number of fused-ring (bicyclic) bond motifs is 2. The normalized spacial score (nSPS) is 19.8. The Bertz CT molecular complexity index is 1210. The van der Waals surface area contributed by atoms with Crippen LogP contribution in [0.1, 0.15) is 12.5 Å². The SMILES string of the molecule is Cc1c(-c2cc(N)c3cnc(N(C(=O)O)[C@@H]4COC[C@@H]4C)cc3c2)cnc2c1NCCO2. The largest absolute Gasteiger partial charge is 0.474 e. The Labute approximate surface area is 185 Å². The van der Waals surface area contributed by atoms with Crippen LogP contribution in [0.2, 0.25) is 0 Å². The van der Waals surface area contributed by atoms with Crippen LogP contribution in [-0.2, 0) is 4.74 Å². The molecular formula is C23H25N5O4. The van der Waals surface area contributed by atoms with Crippen LogP contribution in [0.25, 0.3) is 21.9 Å². The molecule has 1 amide bonds. The summed E-state index contributed by atoms with van der Waals surface area (Å²) >= 11 is 0. The van der Waals surface area contributed by atoms with Gasteiger partial charge in [0.15, 0.2) is 0 Å². The predicted molar refractivity (Wildman–Crippen MR) is 122 cm³/mol. The molecule has 4 N–H and O–H groups in total. The molecule has 2 atom stereocenters. The summed E-state index contributed by atoms with van der Waals surface area (Å²) in [5, 5.41) is 14.8. The van der Waals surface area contributed by atoms with Crippen molar-refractivity contribution in [3.63, 3.8) is 0 Å². The minimum atomic E-state index is -1.05. The fourth-order valence-corrected chi connectivity index (χ4v) is 4.46. The Kier molecular flexibility index (Phi) is 4.97. The van der Waals surface area contributed by atoms with E-state index >= 15 is 0 Å². The highest BCUT2D eigenvalue weighted by molar-refractivity contribution is 5.99. The minimum absolute atomic E-state index is 0.0824. The monoisotopic (exact) mass is 435 g/mol. The average Bonchev–Trinajstić information content (AvgIpc) is 3.19. The van der Waals surface area contributed by atoms with E-state index in [0.29, 0.717) is 37.2 Å². The van der Waals surface area contributed by atoms with Gasteiger partial charge in [-0.1, -0.05) is 6.92 Å². The van der Waals surface area contributed by atoms with Gasteiger partial charge in [0.05, 0.1) is 19.3 Å². The maximum Gasteiger partial charge on any atom is 0.413 e. The number of nitrogens with one attached hydrogen (secondary N) is 1. The number of amides is 1. The number of pyridine rings is 2. The number of hydrogen-bond acceptors (Lipinski definition) is 7. The smallest absolute Gasteiger partial charge is 0.413 e. The molecule has 0 spiro atoms. The fraction of sp³-hybridized carbons (Fsp3) is 0.348. The number of hydrogen-bond donors (Lipinski definition) is 3. The van der Waals surface area contributed by atoms with E-state index in [9.17, 15) is 9.90 Å². The van der Waals surface area contributed by atoms with Crippen molar-refractivity contribution in [2.24, 2.45) is 5.92 Å². The Morgan fingerprint density at radius 2 is 2.09 bits per heavy atom. The first-order valence-electron chi connectivity index (χ1n) is 10.6. The summed E-state index contributed by atoms with van der Waals surface area (Å²) in [4.78, 5) is 22.3. The molecule has 5 rings (SSSR count). The van der Waals surface area contributed by atoms with E-state index in [1.807, 2.05) is 26.0 Å². The van der Waals surface area contributed by atoms with Gasteiger partial charge in [0.2, 0.25) is 5.88 Å². The Morgan fingerprint density at radius 1 is 1.25 bits per heavy atom.